The molecule has 0 aromatic carbocycles. The lowest BCUT2D eigenvalue weighted by Gasteiger charge is -2.14. The summed E-state index contributed by atoms with van der Waals surface area (Å²) in [7, 11) is 0. The van der Waals surface area contributed by atoms with Crippen LogP contribution in [-0.2, 0) is 0 Å². The molecule has 0 spiro atoms. The van der Waals surface area contributed by atoms with Gasteiger partial charge in [-0.05, 0) is 18.8 Å². The molecule has 1 rings (SSSR count). The average molecular weight is 255 g/mol. The fraction of sp³-hybridized carbons (Fsp3) is 0.500. The smallest absolute Gasteiger partial charge is 0.157 e. The molecule has 0 fully saturated rings. The van der Waals surface area contributed by atoms with E-state index < -0.39 is 0 Å². The van der Waals surface area contributed by atoms with Gasteiger partial charge in [-0.3, -0.25) is 0 Å². The highest BCUT2D eigenvalue weighted by Crippen LogP contribution is 2.22. The number of anilines is 2. The monoisotopic (exact) mass is 254 g/mol. The third-order valence-electron chi connectivity index (χ3n) is 2.76. The molecule has 1 atom stereocenters. The van der Waals surface area contributed by atoms with Crippen molar-refractivity contribution in [2.24, 2.45) is 5.92 Å². The Labute approximate surface area is 107 Å². The molecule has 0 bridgehead atoms. The van der Waals surface area contributed by atoms with E-state index in [1.807, 2.05) is 6.08 Å². The summed E-state index contributed by atoms with van der Waals surface area (Å²) in [4.78, 5) is 7.86. The van der Waals surface area contributed by atoms with E-state index in [1.165, 1.54) is 6.33 Å². The standard InChI is InChI=1S/C12H19ClN4/c1-3-5-9(4-2)6-7-15-12-10(14)11(13)16-8-17-12/h3,8-9H,1,4-7,14H2,2H3,(H,15,16,17). The zero-order valence-electron chi connectivity index (χ0n) is 10.1. The van der Waals surface area contributed by atoms with Crippen LogP contribution < -0.4 is 11.1 Å². The summed E-state index contributed by atoms with van der Waals surface area (Å²) in [5, 5.41) is 3.47. The molecule has 0 radical (unpaired) electrons. The zero-order valence-corrected chi connectivity index (χ0v) is 10.9. The third kappa shape index (κ3) is 4.23. The van der Waals surface area contributed by atoms with Gasteiger partial charge in [0.05, 0.1) is 0 Å². The Morgan fingerprint density at radius 3 is 3.00 bits per heavy atom. The topological polar surface area (TPSA) is 63.8 Å². The molecule has 1 aromatic rings. The van der Waals surface area contributed by atoms with Crippen molar-refractivity contribution in [1.82, 2.24) is 9.97 Å². The van der Waals surface area contributed by atoms with Gasteiger partial charge in [-0.25, -0.2) is 9.97 Å². The molecule has 0 aliphatic rings. The Hall–Kier alpha value is -1.29. The van der Waals surface area contributed by atoms with Gasteiger partial charge in [0, 0.05) is 6.54 Å². The summed E-state index contributed by atoms with van der Waals surface area (Å²) in [6.45, 7) is 6.77. The first-order valence-corrected chi connectivity index (χ1v) is 6.17. The van der Waals surface area contributed by atoms with Gasteiger partial charge in [-0.2, -0.15) is 0 Å². The van der Waals surface area contributed by atoms with Gasteiger partial charge in [0.2, 0.25) is 0 Å². The molecule has 0 aliphatic carbocycles. The number of aromatic nitrogens is 2. The summed E-state index contributed by atoms with van der Waals surface area (Å²) >= 11 is 5.80. The minimum atomic E-state index is 0.292. The quantitative estimate of drug-likeness (QED) is 0.580. The Morgan fingerprint density at radius 2 is 2.35 bits per heavy atom. The molecule has 0 amide bonds. The highest BCUT2D eigenvalue weighted by molar-refractivity contribution is 6.32. The maximum absolute atomic E-state index is 5.80. The second-order valence-corrected chi connectivity index (χ2v) is 4.30. The lowest BCUT2D eigenvalue weighted by atomic mass is 9.99. The van der Waals surface area contributed by atoms with Crippen LogP contribution in [0.5, 0.6) is 0 Å². The van der Waals surface area contributed by atoms with Crippen LogP contribution >= 0.6 is 11.6 Å². The summed E-state index contributed by atoms with van der Waals surface area (Å²) in [6, 6.07) is 0. The number of rotatable bonds is 7. The minimum Gasteiger partial charge on any atom is -0.393 e. The molecule has 0 saturated carbocycles. The van der Waals surface area contributed by atoms with Crippen molar-refractivity contribution in [3.05, 3.63) is 24.1 Å². The second-order valence-electron chi connectivity index (χ2n) is 3.94. The predicted octanol–water partition coefficient (Wildman–Crippen LogP) is 3.12. The van der Waals surface area contributed by atoms with Gasteiger partial charge in [-0.1, -0.05) is 31.0 Å². The van der Waals surface area contributed by atoms with Crippen molar-refractivity contribution in [1.29, 1.82) is 0 Å². The van der Waals surface area contributed by atoms with E-state index in [-0.39, 0.29) is 0 Å². The number of nitrogens with one attached hydrogen (secondary N) is 1. The number of nitrogens with zero attached hydrogens (tertiary/aromatic N) is 2. The lowest BCUT2D eigenvalue weighted by Crippen LogP contribution is -2.11. The minimum absolute atomic E-state index is 0.292. The van der Waals surface area contributed by atoms with Gasteiger partial charge < -0.3 is 11.1 Å². The summed E-state index contributed by atoms with van der Waals surface area (Å²) in [5.74, 6) is 1.26. The molecule has 0 saturated heterocycles. The molecule has 17 heavy (non-hydrogen) atoms. The molecule has 4 nitrogen and oxygen atoms in total. The van der Waals surface area contributed by atoms with Gasteiger partial charge in [0.1, 0.15) is 12.0 Å². The van der Waals surface area contributed by atoms with Crippen molar-refractivity contribution in [3.8, 4) is 0 Å². The van der Waals surface area contributed by atoms with E-state index in [4.69, 9.17) is 17.3 Å². The number of hydrogen-bond donors (Lipinski definition) is 2. The van der Waals surface area contributed by atoms with Crippen LogP contribution in [0.3, 0.4) is 0 Å². The second kappa shape index (κ2) is 7.12. The number of halogens is 1. The van der Waals surface area contributed by atoms with Crippen LogP contribution in [0.4, 0.5) is 11.5 Å². The number of nitrogens with two attached hydrogens (primary N) is 1. The highest BCUT2D eigenvalue weighted by Gasteiger charge is 2.07. The Morgan fingerprint density at radius 1 is 1.59 bits per heavy atom. The van der Waals surface area contributed by atoms with Crippen molar-refractivity contribution in [3.63, 3.8) is 0 Å². The Bertz CT molecular complexity index is 368. The lowest BCUT2D eigenvalue weighted by molar-refractivity contribution is 0.490. The van der Waals surface area contributed by atoms with Crippen molar-refractivity contribution >= 4 is 23.1 Å². The molecular formula is C12H19ClN4. The van der Waals surface area contributed by atoms with E-state index in [2.05, 4.69) is 28.8 Å². The molecular weight excluding hydrogens is 236 g/mol. The van der Waals surface area contributed by atoms with Crippen LogP contribution in [0.2, 0.25) is 5.15 Å². The normalized spacial score (nSPS) is 12.1. The Balaban J connectivity index is 2.45. The third-order valence-corrected chi connectivity index (χ3v) is 3.06. The van der Waals surface area contributed by atoms with Gasteiger partial charge >= 0.3 is 0 Å². The Kier molecular flexibility index (Phi) is 5.77. The van der Waals surface area contributed by atoms with Crippen molar-refractivity contribution in [2.75, 3.05) is 17.6 Å². The molecule has 1 heterocycles. The molecule has 5 heteroatoms. The molecule has 1 aromatic heterocycles. The van der Waals surface area contributed by atoms with Gasteiger partial charge in [0.15, 0.2) is 11.0 Å². The zero-order chi connectivity index (χ0) is 12.7. The van der Waals surface area contributed by atoms with Crippen LogP contribution in [0, 0.1) is 5.92 Å². The van der Waals surface area contributed by atoms with E-state index in [1.54, 1.807) is 0 Å². The van der Waals surface area contributed by atoms with E-state index in [9.17, 15) is 0 Å². The van der Waals surface area contributed by atoms with Crippen molar-refractivity contribution < 1.29 is 0 Å². The fourth-order valence-corrected chi connectivity index (χ4v) is 1.77. The largest absolute Gasteiger partial charge is 0.393 e. The summed E-state index contributed by atoms with van der Waals surface area (Å²) in [6.07, 6.45) is 6.61. The number of nitrogen functional groups attached to an aromatic ring is 1. The molecule has 94 valence electrons. The van der Waals surface area contributed by atoms with Gasteiger partial charge in [-0.15, -0.1) is 6.58 Å². The fourth-order valence-electron chi connectivity index (χ4n) is 1.63. The average Bonchev–Trinajstić information content (AvgIpc) is 2.33. The SMILES string of the molecule is C=CCC(CC)CCNc1ncnc(Cl)c1N. The summed E-state index contributed by atoms with van der Waals surface area (Å²) < 4.78 is 0. The predicted molar refractivity (Wildman–Crippen MR) is 73.2 cm³/mol. The van der Waals surface area contributed by atoms with Crippen LogP contribution in [-0.4, -0.2) is 16.5 Å². The first kappa shape index (κ1) is 13.8. The van der Waals surface area contributed by atoms with Crippen LogP contribution in [0.25, 0.3) is 0 Å². The maximum Gasteiger partial charge on any atom is 0.157 e. The van der Waals surface area contributed by atoms with E-state index in [0.717, 1.165) is 25.8 Å². The number of allylic oxidation sites excluding steroid dienone is 1. The molecule has 0 aliphatic heterocycles. The first-order chi connectivity index (χ1) is 8.19. The van der Waals surface area contributed by atoms with Crippen LogP contribution in [0.15, 0.2) is 19.0 Å². The van der Waals surface area contributed by atoms with Crippen LogP contribution in [0.1, 0.15) is 26.2 Å². The maximum atomic E-state index is 5.80. The molecule has 3 N–H and O–H groups in total. The van der Waals surface area contributed by atoms with Crippen molar-refractivity contribution in [2.45, 2.75) is 26.2 Å². The first-order valence-electron chi connectivity index (χ1n) is 5.79. The molecule has 1 unspecified atom stereocenters. The summed E-state index contributed by atoms with van der Waals surface area (Å²) in [5.41, 5.74) is 6.16. The number of hydrogen-bond acceptors (Lipinski definition) is 4. The highest BCUT2D eigenvalue weighted by atomic mass is 35.5. The van der Waals surface area contributed by atoms with E-state index in [0.29, 0.717) is 22.6 Å². The van der Waals surface area contributed by atoms with E-state index >= 15 is 0 Å². The van der Waals surface area contributed by atoms with Gasteiger partial charge in [0.25, 0.3) is 0 Å².